The predicted octanol–water partition coefficient (Wildman–Crippen LogP) is 2.01. The summed E-state index contributed by atoms with van der Waals surface area (Å²) >= 11 is 0. The topological polar surface area (TPSA) is 86.6 Å². The van der Waals surface area contributed by atoms with E-state index in [0.717, 1.165) is 5.56 Å². The van der Waals surface area contributed by atoms with Gasteiger partial charge in [0.1, 0.15) is 5.82 Å². The van der Waals surface area contributed by atoms with Gasteiger partial charge in [0.05, 0.1) is 0 Å². The molecule has 1 saturated carbocycles. The summed E-state index contributed by atoms with van der Waals surface area (Å²) in [5.41, 5.74) is 0.777. The van der Waals surface area contributed by atoms with Crippen molar-refractivity contribution < 1.29 is 24.2 Å². The van der Waals surface area contributed by atoms with Crippen LogP contribution in [0.3, 0.4) is 0 Å². The summed E-state index contributed by atoms with van der Waals surface area (Å²) in [6, 6.07) is 7.58. The first-order valence-corrected chi connectivity index (χ1v) is 6.43. The van der Waals surface area contributed by atoms with Crippen molar-refractivity contribution in [1.82, 2.24) is 5.32 Å². The van der Waals surface area contributed by atoms with Gasteiger partial charge in [-0.05, 0) is 18.9 Å². The van der Waals surface area contributed by atoms with Gasteiger partial charge in [-0.1, -0.05) is 31.0 Å². The average molecular weight is 283 g/mol. The van der Waals surface area contributed by atoms with Crippen LogP contribution in [0.25, 0.3) is 0 Å². The second kappa shape index (κ2) is 8.27. The third kappa shape index (κ3) is 5.79. The van der Waals surface area contributed by atoms with E-state index in [4.69, 9.17) is 19.8 Å². The summed E-state index contributed by atoms with van der Waals surface area (Å²) in [7, 11) is 0. The quantitative estimate of drug-likeness (QED) is 0.739. The number of benzene rings is 1. The number of halogens is 1. The number of hydrogen-bond acceptors (Lipinski definition) is 3. The van der Waals surface area contributed by atoms with Crippen LogP contribution in [0, 0.1) is 5.82 Å². The van der Waals surface area contributed by atoms with Crippen LogP contribution in [0.15, 0.2) is 24.3 Å². The Hall–Kier alpha value is -1.95. The highest BCUT2D eigenvalue weighted by molar-refractivity contribution is 6.27. The molecule has 1 aliphatic carbocycles. The first-order valence-electron chi connectivity index (χ1n) is 6.43. The minimum atomic E-state index is -1.82. The van der Waals surface area contributed by atoms with Crippen molar-refractivity contribution in [1.29, 1.82) is 0 Å². The maximum absolute atomic E-state index is 13.2. The van der Waals surface area contributed by atoms with Crippen LogP contribution in [0.5, 0.6) is 0 Å². The monoisotopic (exact) mass is 283 g/mol. The molecule has 5 nitrogen and oxygen atoms in total. The van der Waals surface area contributed by atoms with Gasteiger partial charge in [0.15, 0.2) is 0 Å². The molecule has 0 saturated heterocycles. The third-order valence-electron chi connectivity index (χ3n) is 3.08. The molecule has 1 fully saturated rings. The third-order valence-corrected chi connectivity index (χ3v) is 3.08. The van der Waals surface area contributed by atoms with Crippen molar-refractivity contribution in [3.05, 3.63) is 35.6 Å². The Balaban J connectivity index is 0.000000286. The minimum Gasteiger partial charge on any atom is -0.473 e. The van der Waals surface area contributed by atoms with E-state index in [1.165, 1.54) is 31.7 Å². The number of carboxylic acid groups (broad SMARTS) is 2. The molecule has 0 unspecified atom stereocenters. The molecule has 110 valence electrons. The molecule has 0 heterocycles. The minimum absolute atomic E-state index is 0.0991. The zero-order valence-electron chi connectivity index (χ0n) is 11.0. The molecule has 0 radical (unpaired) electrons. The summed E-state index contributed by atoms with van der Waals surface area (Å²) in [6.45, 7) is 0.664. The molecule has 20 heavy (non-hydrogen) atoms. The normalized spacial score (nSPS) is 14.4. The van der Waals surface area contributed by atoms with Crippen LogP contribution in [0.1, 0.15) is 31.2 Å². The van der Waals surface area contributed by atoms with E-state index < -0.39 is 11.9 Å². The maximum Gasteiger partial charge on any atom is 0.414 e. The van der Waals surface area contributed by atoms with Gasteiger partial charge in [0.25, 0.3) is 0 Å². The van der Waals surface area contributed by atoms with Crippen LogP contribution in [0.2, 0.25) is 0 Å². The molecule has 1 aliphatic rings. The van der Waals surface area contributed by atoms with E-state index in [0.29, 0.717) is 12.6 Å². The standard InChI is InChI=1S/C12H16FN.C2H2O4/c13-12-8-4-1-5-10(12)9-14-11-6-2-3-7-11;3-1(4)2(5)6/h1,4-5,8,11,14H,2-3,6-7,9H2;(H,3,4)(H,5,6). The Kier molecular flexibility index (Phi) is 6.66. The van der Waals surface area contributed by atoms with E-state index >= 15 is 0 Å². The van der Waals surface area contributed by atoms with Crippen LogP contribution >= 0.6 is 0 Å². The van der Waals surface area contributed by atoms with Gasteiger partial charge in [-0.2, -0.15) is 0 Å². The van der Waals surface area contributed by atoms with Crippen molar-refractivity contribution in [2.45, 2.75) is 38.3 Å². The molecule has 0 aromatic heterocycles. The highest BCUT2D eigenvalue weighted by Gasteiger charge is 2.14. The molecule has 0 aliphatic heterocycles. The fourth-order valence-electron chi connectivity index (χ4n) is 2.03. The van der Waals surface area contributed by atoms with Crippen LogP contribution in [-0.2, 0) is 16.1 Å². The fraction of sp³-hybridized carbons (Fsp3) is 0.429. The van der Waals surface area contributed by atoms with Crippen molar-refractivity contribution in [2.24, 2.45) is 0 Å². The van der Waals surface area contributed by atoms with E-state index in [1.54, 1.807) is 6.07 Å². The highest BCUT2D eigenvalue weighted by Crippen LogP contribution is 2.18. The molecular weight excluding hydrogens is 265 g/mol. The molecule has 1 aromatic rings. The predicted molar refractivity (Wildman–Crippen MR) is 70.8 cm³/mol. The second-order valence-electron chi connectivity index (χ2n) is 4.56. The van der Waals surface area contributed by atoms with Gasteiger partial charge in [-0.15, -0.1) is 0 Å². The summed E-state index contributed by atoms with van der Waals surface area (Å²) in [4.78, 5) is 18.2. The largest absolute Gasteiger partial charge is 0.473 e. The molecular formula is C14H18FNO4. The fourth-order valence-corrected chi connectivity index (χ4v) is 2.03. The zero-order chi connectivity index (χ0) is 15.0. The molecule has 2 rings (SSSR count). The Morgan fingerprint density at radius 3 is 2.20 bits per heavy atom. The zero-order valence-corrected chi connectivity index (χ0v) is 11.0. The lowest BCUT2D eigenvalue weighted by Crippen LogP contribution is -2.25. The molecule has 0 spiro atoms. The Morgan fingerprint density at radius 1 is 1.15 bits per heavy atom. The Morgan fingerprint density at radius 2 is 1.70 bits per heavy atom. The molecule has 1 aromatic carbocycles. The summed E-state index contributed by atoms with van der Waals surface area (Å²) in [6.07, 6.45) is 5.12. The first-order chi connectivity index (χ1) is 9.50. The van der Waals surface area contributed by atoms with E-state index in [2.05, 4.69) is 5.32 Å². The number of carbonyl (C=O) groups is 2. The van der Waals surface area contributed by atoms with Crippen LogP contribution in [-0.4, -0.2) is 28.2 Å². The summed E-state index contributed by atoms with van der Waals surface area (Å²) < 4.78 is 13.2. The lowest BCUT2D eigenvalue weighted by Gasteiger charge is -2.11. The SMILES string of the molecule is Fc1ccccc1CNC1CCCC1.O=C(O)C(=O)O. The smallest absolute Gasteiger partial charge is 0.414 e. The van der Waals surface area contributed by atoms with Crippen molar-refractivity contribution >= 4 is 11.9 Å². The second-order valence-corrected chi connectivity index (χ2v) is 4.56. The summed E-state index contributed by atoms with van der Waals surface area (Å²) in [5.74, 6) is -3.75. The van der Waals surface area contributed by atoms with E-state index in [9.17, 15) is 4.39 Å². The van der Waals surface area contributed by atoms with E-state index in [-0.39, 0.29) is 5.82 Å². The number of hydrogen-bond donors (Lipinski definition) is 3. The Bertz CT molecular complexity index is 446. The molecule has 0 amide bonds. The van der Waals surface area contributed by atoms with Crippen molar-refractivity contribution in [3.8, 4) is 0 Å². The van der Waals surface area contributed by atoms with Crippen molar-refractivity contribution in [2.75, 3.05) is 0 Å². The number of nitrogens with one attached hydrogen (secondary N) is 1. The number of rotatable bonds is 3. The lowest BCUT2D eigenvalue weighted by molar-refractivity contribution is -0.159. The highest BCUT2D eigenvalue weighted by atomic mass is 19.1. The average Bonchev–Trinajstić information content (AvgIpc) is 2.91. The van der Waals surface area contributed by atoms with Gasteiger partial charge >= 0.3 is 11.9 Å². The van der Waals surface area contributed by atoms with Gasteiger partial charge in [0, 0.05) is 18.2 Å². The lowest BCUT2D eigenvalue weighted by atomic mass is 10.2. The van der Waals surface area contributed by atoms with Crippen molar-refractivity contribution in [3.63, 3.8) is 0 Å². The first kappa shape index (κ1) is 16.1. The van der Waals surface area contributed by atoms with Gasteiger partial charge in [-0.25, -0.2) is 14.0 Å². The van der Waals surface area contributed by atoms with Gasteiger partial charge < -0.3 is 15.5 Å². The van der Waals surface area contributed by atoms with E-state index in [1.807, 2.05) is 12.1 Å². The van der Waals surface area contributed by atoms with Gasteiger partial charge in [0.2, 0.25) is 0 Å². The molecule has 0 bridgehead atoms. The number of aliphatic carboxylic acids is 2. The number of carboxylic acids is 2. The molecule has 6 heteroatoms. The molecule has 0 atom stereocenters. The van der Waals surface area contributed by atoms with Crippen LogP contribution in [0.4, 0.5) is 4.39 Å². The maximum atomic E-state index is 13.2. The molecule has 3 N–H and O–H groups in total. The van der Waals surface area contributed by atoms with Crippen LogP contribution < -0.4 is 5.32 Å². The van der Waals surface area contributed by atoms with Gasteiger partial charge in [-0.3, -0.25) is 0 Å². The Labute approximate surface area is 116 Å². The summed E-state index contributed by atoms with van der Waals surface area (Å²) in [5, 5.41) is 18.2.